The van der Waals surface area contributed by atoms with Crippen molar-refractivity contribution in [2.45, 2.75) is 19.9 Å². The Hall–Kier alpha value is -3.42. The highest BCUT2D eigenvalue weighted by Crippen LogP contribution is 2.36. The van der Waals surface area contributed by atoms with Crippen LogP contribution in [0.3, 0.4) is 0 Å². The van der Waals surface area contributed by atoms with Gasteiger partial charge in [-0.1, -0.05) is 67.4 Å². The van der Waals surface area contributed by atoms with Gasteiger partial charge in [0.15, 0.2) is 5.65 Å². The lowest BCUT2D eigenvalue weighted by Crippen LogP contribution is -2.44. The number of halogens is 2. The van der Waals surface area contributed by atoms with E-state index in [1.54, 1.807) is 42.8 Å². The van der Waals surface area contributed by atoms with Crippen molar-refractivity contribution in [3.63, 3.8) is 0 Å². The molecule has 2 heterocycles. The molecule has 1 atom stereocenters. The number of nitrogens with zero attached hydrogens (tertiary/aromatic N) is 3. The van der Waals surface area contributed by atoms with Gasteiger partial charge in [0.2, 0.25) is 0 Å². The molecular formula is C24H20Cl2N4O3. The Morgan fingerprint density at radius 1 is 1.00 bits per heavy atom. The minimum Gasteiger partial charge on any atom is -0.480 e. The summed E-state index contributed by atoms with van der Waals surface area (Å²) in [5.41, 5.74) is 3.40. The number of carboxylic acid groups (broad SMARTS) is 1. The van der Waals surface area contributed by atoms with E-state index < -0.39 is 17.9 Å². The fourth-order valence-electron chi connectivity index (χ4n) is 3.59. The molecule has 4 rings (SSSR count). The molecule has 2 aromatic carbocycles. The number of aliphatic carboxylic acids is 1. The van der Waals surface area contributed by atoms with Crippen LogP contribution in [-0.2, 0) is 4.79 Å². The topological polar surface area (TPSA) is 96.6 Å². The Morgan fingerprint density at radius 2 is 1.70 bits per heavy atom. The van der Waals surface area contributed by atoms with Crippen molar-refractivity contribution in [2.75, 3.05) is 0 Å². The van der Waals surface area contributed by atoms with E-state index in [0.717, 1.165) is 16.7 Å². The first-order valence-electron chi connectivity index (χ1n) is 10.2. The van der Waals surface area contributed by atoms with Gasteiger partial charge in [-0.2, -0.15) is 5.10 Å². The lowest BCUT2D eigenvalue weighted by atomic mass is 10.0. The standard InChI is InChI=1S/C24H20Cl2N4O3/c1-13(2)20(24(32)33)29-23(31)18-12-28-30-21(14-7-9-15(25)10-8-14)17(11-27-22(18)30)16-5-3-4-6-19(16)26/h3-13,20H,1-2H3,(H,29,31)(H,32,33)/t20-/m0/s1. The molecule has 0 fully saturated rings. The molecule has 0 saturated carbocycles. The SMILES string of the molecule is CC(C)[C@H](NC(=O)c1cnn2c(-c3ccc(Cl)cc3)c(-c3ccccc3Cl)cnc12)C(=O)O. The fraction of sp³-hybridized carbons (Fsp3) is 0.167. The van der Waals surface area contributed by atoms with Crippen LogP contribution in [0.25, 0.3) is 28.0 Å². The van der Waals surface area contributed by atoms with Crippen molar-refractivity contribution in [3.8, 4) is 22.4 Å². The van der Waals surface area contributed by atoms with Gasteiger partial charge < -0.3 is 10.4 Å². The van der Waals surface area contributed by atoms with Crippen LogP contribution >= 0.6 is 23.2 Å². The maximum atomic E-state index is 12.9. The minimum atomic E-state index is -1.11. The predicted molar refractivity (Wildman–Crippen MR) is 128 cm³/mol. The Bertz CT molecular complexity index is 1350. The first-order chi connectivity index (χ1) is 15.8. The van der Waals surface area contributed by atoms with Crippen LogP contribution in [0.5, 0.6) is 0 Å². The third-order valence-electron chi connectivity index (χ3n) is 5.27. The second-order valence-corrected chi connectivity index (χ2v) is 8.68. The van der Waals surface area contributed by atoms with Gasteiger partial charge >= 0.3 is 5.97 Å². The number of amides is 1. The number of rotatable bonds is 6. The zero-order valence-corrected chi connectivity index (χ0v) is 19.3. The van der Waals surface area contributed by atoms with Gasteiger partial charge in [0, 0.05) is 32.9 Å². The molecule has 0 radical (unpaired) electrons. The van der Waals surface area contributed by atoms with Crippen molar-refractivity contribution in [1.82, 2.24) is 19.9 Å². The zero-order valence-electron chi connectivity index (χ0n) is 17.8. The molecule has 0 unspecified atom stereocenters. The number of carbonyl (C=O) groups excluding carboxylic acids is 1. The van der Waals surface area contributed by atoms with Crippen LogP contribution in [0.4, 0.5) is 0 Å². The van der Waals surface area contributed by atoms with Gasteiger partial charge in [0.05, 0.1) is 11.9 Å². The van der Waals surface area contributed by atoms with Gasteiger partial charge in [0.25, 0.3) is 5.91 Å². The summed E-state index contributed by atoms with van der Waals surface area (Å²) in [7, 11) is 0. The maximum Gasteiger partial charge on any atom is 0.326 e. The van der Waals surface area contributed by atoms with Gasteiger partial charge in [0.1, 0.15) is 11.6 Å². The van der Waals surface area contributed by atoms with E-state index in [4.69, 9.17) is 23.2 Å². The molecule has 0 spiro atoms. The van der Waals surface area contributed by atoms with Crippen molar-refractivity contribution in [2.24, 2.45) is 5.92 Å². The third kappa shape index (κ3) is 4.42. The number of benzene rings is 2. The van der Waals surface area contributed by atoms with E-state index in [-0.39, 0.29) is 11.5 Å². The average molecular weight is 483 g/mol. The third-order valence-corrected chi connectivity index (χ3v) is 5.85. The molecule has 2 aromatic heterocycles. The fourth-order valence-corrected chi connectivity index (χ4v) is 3.95. The summed E-state index contributed by atoms with van der Waals surface area (Å²) < 4.78 is 1.56. The van der Waals surface area contributed by atoms with Gasteiger partial charge in [-0.05, 0) is 24.1 Å². The molecule has 33 heavy (non-hydrogen) atoms. The normalized spacial score (nSPS) is 12.2. The number of hydrogen-bond donors (Lipinski definition) is 2. The number of nitrogens with one attached hydrogen (secondary N) is 1. The second-order valence-electron chi connectivity index (χ2n) is 7.83. The second kappa shape index (κ2) is 9.21. The summed E-state index contributed by atoms with van der Waals surface area (Å²) in [4.78, 5) is 29.0. The molecule has 9 heteroatoms. The maximum absolute atomic E-state index is 12.9. The summed E-state index contributed by atoms with van der Waals surface area (Å²) in [6.45, 7) is 3.45. The van der Waals surface area contributed by atoms with Crippen molar-refractivity contribution in [3.05, 3.63) is 76.5 Å². The van der Waals surface area contributed by atoms with E-state index in [2.05, 4.69) is 15.4 Å². The molecule has 7 nitrogen and oxygen atoms in total. The number of carboxylic acids is 1. The number of aromatic nitrogens is 3. The quantitative estimate of drug-likeness (QED) is 0.393. The molecule has 168 valence electrons. The Labute approximate surface area is 200 Å². The van der Waals surface area contributed by atoms with Gasteiger partial charge in [-0.25, -0.2) is 14.3 Å². The monoisotopic (exact) mass is 482 g/mol. The zero-order chi connectivity index (χ0) is 23.7. The van der Waals surface area contributed by atoms with Crippen LogP contribution in [0.1, 0.15) is 24.2 Å². The van der Waals surface area contributed by atoms with E-state index in [1.165, 1.54) is 6.20 Å². The predicted octanol–water partition coefficient (Wildman–Crippen LogP) is 5.21. The van der Waals surface area contributed by atoms with Crippen molar-refractivity contribution < 1.29 is 14.7 Å². The van der Waals surface area contributed by atoms with Crippen LogP contribution in [-0.4, -0.2) is 37.6 Å². The van der Waals surface area contributed by atoms with Crippen molar-refractivity contribution >= 4 is 40.7 Å². The summed E-state index contributed by atoms with van der Waals surface area (Å²) in [6, 6.07) is 13.5. The average Bonchev–Trinajstić information content (AvgIpc) is 3.21. The lowest BCUT2D eigenvalue weighted by Gasteiger charge is -2.17. The highest BCUT2D eigenvalue weighted by atomic mass is 35.5. The largest absolute Gasteiger partial charge is 0.480 e. The molecule has 0 aliphatic heterocycles. The van der Waals surface area contributed by atoms with Crippen LogP contribution in [0.2, 0.25) is 10.0 Å². The molecule has 0 saturated heterocycles. The molecule has 0 aliphatic carbocycles. The van der Waals surface area contributed by atoms with Crippen LogP contribution < -0.4 is 5.32 Å². The molecule has 0 bridgehead atoms. The van der Waals surface area contributed by atoms with Crippen molar-refractivity contribution in [1.29, 1.82) is 0 Å². The van der Waals surface area contributed by atoms with Gasteiger partial charge in [-0.3, -0.25) is 4.79 Å². The van der Waals surface area contributed by atoms with Crippen LogP contribution in [0, 0.1) is 5.92 Å². The van der Waals surface area contributed by atoms with E-state index in [0.29, 0.717) is 21.4 Å². The number of fused-ring (bicyclic) bond motifs is 1. The molecule has 2 N–H and O–H groups in total. The number of hydrogen-bond acceptors (Lipinski definition) is 4. The summed E-state index contributed by atoms with van der Waals surface area (Å²) >= 11 is 12.6. The summed E-state index contributed by atoms with van der Waals surface area (Å²) in [6.07, 6.45) is 3.02. The Balaban J connectivity index is 1.90. The molecule has 4 aromatic rings. The Morgan fingerprint density at radius 3 is 2.33 bits per heavy atom. The first kappa shape index (κ1) is 22.8. The minimum absolute atomic E-state index is 0.169. The summed E-state index contributed by atoms with van der Waals surface area (Å²) in [5, 5.41) is 17.5. The van der Waals surface area contributed by atoms with E-state index >= 15 is 0 Å². The van der Waals surface area contributed by atoms with Crippen LogP contribution in [0.15, 0.2) is 60.9 Å². The molecule has 0 aliphatic rings. The highest BCUT2D eigenvalue weighted by molar-refractivity contribution is 6.33. The lowest BCUT2D eigenvalue weighted by molar-refractivity contribution is -0.140. The van der Waals surface area contributed by atoms with E-state index in [1.807, 2.05) is 30.3 Å². The van der Waals surface area contributed by atoms with E-state index in [9.17, 15) is 14.7 Å². The molecular weight excluding hydrogens is 463 g/mol. The summed E-state index contributed by atoms with van der Waals surface area (Å²) in [5.74, 6) is -1.96. The number of carbonyl (C=O) groups is 2. The smallest absolute Gasteiger partial charge is 0.326 e. The van der Waals surface area contributed by atoms with Gasteiger partial charge in [-0.15, -0.1) is 0 Å². The first-order valence-corrected chi connectivity index (χ1v) is 10.9. The molecule has 1 amide bonds. The highest BCUT2D eigenvalue weighted by Gasteiger charge is 2.27. The Kier molecular flexibility index (Phi) is 6.35.